The topological polar surface area (TPSA) is 91.2 Å². The first kappa shape index (κ1) is 21.7. The molecule has 0 spiro atoms. The van der Waals surface area contributed by atoms with Gasteiger partial charge in [0.15, 0.2) is 0 Å². The lowest BCUT2D eigenvalue weighted by Crippen LogP contribution is -2.28. The Hall–Kier alpha value is -3.59. The summed E-state index contributed by atoms with van der Waals surface area (Å²) in [5, 5.41) is 15.1. The number of anilines is 1. The lowest BCUT2D eigenvalue weighted by atomic mass is 10.0. The molecule has 29 heavy (non-hydrogen) atoms. The van der Waals surface area contributed by atoms with Gasteiger partial charge in [0.1, 0.15) is 11.6 Å². The van der Waals surface area contributed by atoms with E-state index in [0.717, 1.165) is 12.0 Å². The van der Waals surface area contributed by atoms with Gasteiger partial charge in [-0.1, -0.05) is 43.3 Å². The number of carbonyl (C=O) groups excluding carboxylic acids is 2. The molecule has 1 amide bonds. The van der Waals surface area contributed by atoms with Gasteiger partial charge < -0.3 is 15.4 Å². The molecule has 0 heterocycles. The molecule has 0 saturated heterocycles. The number of hydrogen-bond donors (Lipinski definition) is 2. The minimum absolute atomic E-state index is 0.0966. The van der Waals surface area contributed by atoms with Crippen LogP contribution in [0.4, 0.5) is 5.69 Å². The highest BCUT2D eigenvalue weighted by molar-refractivity contribution is 5.99. The third kappa shape index (κ3) is 5.94. The van der Waals surface area contributed by atoms with Gasteiger partial charge >= 0.3 is 5.97 Å². The molecular weight excluding hydrogens is 366 g/mol. The van der Waals surface area contributed by atoms with Crippen molar-refractivity contribution in [1.82, 2.24) is 5.32 Å². The largest absolute Gasteiger partial charge is 0.462 e. The number of aryl methyl sites for hydroxylation is 1. The fourth-order valence-corrected chi connectivity index (χ4v) is 2.69. The van der Waals surface area contributed by atoms with Crippen molar-refractivity contribution in [3.63, 3.8) is 0 Å². The molecule has 2 aromatic carbocycles. The number of carbonyl (C=O) groups is 2. The van der Waals surface area contributed by atoms with Gasteiger partial charge in [0.05, 0.1) is 23.9 Å². The molecule has 2 rings (SSSR count). The summed E-state index contributed by atoms with van der Waals surface area (Å²) < 4.78 is 5.02. The number of nitriles is 1. The molecule has 0 aliphatic heterocycles. The zero-order valence-electron chi connectivity index (χ0n) is 16.9. The van der Waals surface area contributed by atoms with Crippen molar-refractivity contribution in [2.24, 2.45) is 0 Å². The molecule has 2 N–H and O–H groups in total. The number of ether oxygens (including phenoxy) is 1. The molecule has 0 bridgehead atoms. The molecule has 6 nitrogen and oxygen atoms in total. The van der Waals surface area contributed by atoms with Crippen molar-refractivity contribution in [1.29, 1.82) is 5.26 Å². The van der Waals surface area contributed by atoms with Crippen LogP contribution in [0.15, 0.2) is 60.3 Å². The van der Waals surface area contributed by atoms with Crippen molar-refractivity contribution >= 4 is 17.6 Å². The maximum Gasteiger partial charge on any atom is 0.340 e. The average Bonchev–Trinajstić information content (AvgIpc) is 2.74. The van der Waals surface area contributed by atoms with E-state index >= 15 is 0 Å². The minimum atomic E-state index is -0.499. The fraction of sp³-hybridized carbons (Fsp3) is 0.261. The van der Waals surface area contributed by atoms with Gasteiger partial charge in [-0.3, -0.25) is 4.79 Å². The van der Waals surface area contributed by atoms with Gasteiger partial charge in [0.2, 0.25) is 0 Å². The number of nitrogens with one attached hydrogen (secondary N) is 2. The summed E-state index contributed by atoms with van der Waals surface area (Å²) in [5.41, 5.74) is 2.85. The predicted molar refractivity (Wildman–Crippen MR) is 112 cm³/mol. The van der Waals surface area contributed by atoms with Gasteiger partial charge in [-0.05, 0) is 43.5 Å². The standard InChI is InChI=1S/C23H25N3O3/c1-4-17-10-12-18(13-11-17)16(3)26-22(27)19(14-24)15-25-21-9-7-6-8-20(21)23(28)29-5-2/h6-13,15-16,25H,4-5H2,1-3H3,(H,26,27)/b19-15-. The Morgan fingerprint density at radius 1 is 1.14 bits per heavy atom. The van der Waals surface area contributed by atoms with Crippen LogP contribution >= 0.6 is 0 Å². The summed E-state index contributed by atoms with van der Waals surface area (Å²) in [5.74, 6) is -0.975. The van der Waals surface area contributed by atoms with Crippen LogP contribution in [0.1, 0.15) is 48.3 Å². The second-order valence-electron chi connectivity index (χ2n) is 6.37. The average molecular weight is 391 g/mol. The molecule has 6 heteroatoms. The Balaban J connectivity index is 2.10. The second kappa shape index (κ2) is 10.7. The quantitative estimate of drug-likeness (QED) is 0.401. The Labute approximate surface area is 171 Å². The van der Waals surface area contributed by atoms with E-state index in [9.17, 15) is 14.9 Å². The van der Waals surface area contributed by atoms with Gasteiger partial charge in [-0.25, -0.2) is 4.79 Å². The van der Waals surface area contributed by atoms with Crippen LogP contribution in [0.3, 0.4) is 0 Å². The Kier molecular flexibility index (Phi) is 7.99. The van der Waals surface area contributed by atoms with E-state index < -0.39 is 11.9 Å². The molecular formula is C23H25N3O3. The molecule has 0 fully saturated rings. The minimum Gasteiger partial charge on any atom is -0.462 e. The van der Waals surface area contributed by atoms with Crippen LogP contribution in [0.5, 0.6) is 0 Å². The Morgan fingerprint density at radius 3 is 2.45 bits per heavy atom. The van der Waals surface area contributed by atoms with E-state index in [1.54, 1.807) is 31.2 Å². The number of nitrogens with zero attached hydrogens (tertiary/aromatic N) is 1. The fourth-order valence-electron chi connectivity index (χ4n) is 2.69. The lowest BCUT2D eigenvalue weighted by molar-refractivity contribution is -0.117. The summed E-state index contributed by atoms with van der Waals surface area (Å²) in [6, 6.07) is 16.4. The highest BCUT2D eigenvalue weighted by atomic mass is 16.5. The van der Waals surface area contributed by atoms with Crippen molar-refractivity contribution in [3.05, 3.63) is 77.0 Å². The number of benzene rings is 2. The number of rotatable bonds is 8. The smallest absolute Gasteiger partial charge is 0.340 e. The van der Waals surface area contributed by atoms with Crippen LogP contribution in [0.2, 0.25) is 0 Å². The van der Waals surface area contributed by atoms with Crippen LogP contribution in [-0.2, 0) is 16.0 Å². The van der Waals surface area contributed by atoms with Gasteiger partial charge in [-0.15, -0.1) is 0 Å². The summed E-state index contributed by atoms with van der Waals surface area (Å²) in [6.45, 7) is 5.92. The van der Waals surface area contributed by atoms with Crippen LogP contribution in [0.25, 0.3) is 0 Å². The number of esters is 1. The normalized spacial score (nSPS) is 11.9. The third-order valence-corrected chi connectivity index (χ3v) is 4.40. The first-order valence-electron chi connectivity index (χ1n) is 9.52. The van der Waals surface area contributed by atoms with E-state index in [1.807, 2.05) is 37.3 Å². The van der Waals surface area contributed by atoms with E-state index in [4.69, 9.17) is 4.74 Å². The predicted octanol–water partition coefficient (Wildman–Crippen LogP) is 4.12. The Morgan fingerprint density at radius 2 is 1.83 bits per heavy atom. The maximum atomic E-state index is 12.5. The van der Waals surface area contributed by atoms with Crippen LogP contribution in [0, 0.1) is 11.3 Å². The highest BCUT2D eigenvalue weighted by Gasteiger charge is 2.15. The van der Waals surface area contributed by atoms with E-state index in [1.165, 1.54) is 11.8 Å². The van der Waals surface area contributed by atoms with Gasteiger partial charge in [0, 0.05) is 6.20 Å². The van der Waals surface area contributed by atoms with Gasteiger partial charge in [0.25, 0.3) is 5.91 Å². The first-order chi connectivity index (χ1) is 14.0. The van der Waals surface area contributed by atoms with Crippen molar-refractivity contribution in [2.45, 2.75) is 33.2 Å². The molecule has 1 unspecified atom stereocenters. The van der Waals surface area contributed by atoms with Crippen LogP contribution < -0.4 is 10.6 Å². The first-order valence-corrected chi connectivity index (χ1v) is 9.52. The molecule has 0 aliphatic carbocycles. The number of hydrogen-bond acceptors (Lipinski definition) is 5. The summed E-state index contributed by atoms with van der Waals surface area (Å²) in [7, 11) is 0. The zero-order chi connectivity index (χ0) is 21.2. The monoisotopic (exact) mass is 391 g/mol. The molecule has 0 aliphatic rings. The lowest BCUT2D eigenvalue weighted by Gasteiger charge is -2.15. The van der Waals surface area contributed by atoms with E-state index in [0.29, 0.717) is 11.3 Å². The zero-order valence-corrected chi connectivity index (χ0v) is 16.9. The maximum absolute atomic E-state index is 12.5. The summed E-state index contributed by atoms with van der Waals surface area (Å²) >= 11 is 0. The van der Waals surface area contributed by atoms with Crippen molar-refractivity contribution in [3.8, 4) is 6.07 Å². The summed E-state index contributed by atoms with van der Waals surface area (Å²) in [6.07, 6.45) is 2.24. The summed E-state index contributed by atoms with van der Waals surface area (Å²) in [4.78, 5) is 24.5. The molecule has 0 saturated carbocycles. The molecule has 2 aromatic rings. The number of para-hydroxylation sites is 1. The molecule has 1 atom stereocenters. The van der Waals surface area contributed by atoms with E-state index in [2.05, 4.69) is 17.6 Å². The molecule has 150 valence electrons. The SMILES string of the molecule is CCOC(=O)c1ccccc1N/C=C(/C#N)C(=O)NC(C)c1ccc(CC)cc1. The van der Waals surface area contributed by atoms with E-state index in [-0.39, 0.29) is 18.2 Å². The van der Waals surface area contributed by atoms with Crippen LogP contribution in [-0.4, -0.2) is 18.5 Å². The van der Waals surface area contributed by atoms with Gasteiger partial charge in [-0.2, -0.15) is 5.26 Å². The second-order valence-corrected chi connectivity index (χ2v) is 6.37. The van der Waals surface area contributed by atoms with Crippen molar-refractivity contribution < 1.29 is 14.3 Å². The van der Waals surface area contributed by atoms with Crippen molar-refractivity contribution in [2.75, 3.05) is 11.9 Å². The third-order valence-electron chi connectivity index (χ3n) is 4.40. The molecule has 0 aromatic heterocycles. The molecule has 0 radical (unpaired) electrons. The highest BCUT2D eigenvalue weighted by Crippen LogP contribution is 2.17. The number of amides is 1. The Bertz CT molecular complexity index is 927.